The van der Waals surface area contributed by atoms with Crippen LogP contribution < -0.4 is 4.90 Å². The Labute approximate surface area is 141 Å². The summed E-state index contributed by atoms with van der Waals surface area (Å²) in [5, 5.41) is 0. The van der Waals surface area contributed by atoms with Gasteiger partial charge in [0, 0.05) is 50.8 Å². The molecule has 0 aliphatic carbocycles. The first-order valence-corrected chi connectivity index (χ1v) is 8.47. The van der Waals surface area contributed by atoms with Gasteiger partial charge < -0.3 is 9.80 Å². The number of rotatable bonds is 3. The Hall–Kier alpha value is -2.50. The Morgan fingerprint density at radius 1 is 1.12 bits per heavy atom. The Morgan fingerprint density at radius 3 is 2.83 bits per heavy atom. The summed E-state index contributed by atoms with van der Waals surface area (Å²) < 4.78 is 0. The molecule has 1 spiro atoms. The first-order chi connectivity index (χ1) is 11.8. The molecule has 0 N–H and O–H groups in total. The van der Waals surface area contributed by atoms with E-state index in [1.807, 2.05) is 18.3 Å². The SMILES string of the molecule is O=C1CCC2(CCCN(c3cnccn3)C2)N1Cc1cccnc1. The van der Waals surface area contributed by atoms with Gasteiger partial charge in [-0.1, -0.05) is 6.07 Å². The van der Waals surface area contributed by atoms with Crippen molar-refractivity contribution in [1.82, 2.24) is 19.9 Å². The molecule has 2 aromatic heterocycles. The third-order valence-electron chi connectivity index (χ3n) is 5.17. The molecule has 0 radical (unpaired) electrons. The summed E-state index contributed by atoms with van der Waals surface area (Å²) in [4.78, 5) is 29.7. The summed E-state index contributed by atoms with van der Waals surface area (Å²) in [7, 11) is 0. The predicted molar refractivity (Wildman–Crippen MR) is 90.2 cm³/mol. The molecule has 6 nitrogen and oxygen atoms in total. The average Bonchev–Trinajstić information content (AvgIpc) is 2.93. The largest absolute Gasteiger partial charge is 0.353 e. The summed E-state index contributed by atoms with van der Waals surface area (Å²) in [6, 6.07) is 3.96. The number of piperidine rings is 1. The number of hydrogen-bond donors (Lipinski definition) is 0. The van der Waals surface area contributed by atoms with Crippen LogP contribution in [-0.4, -0.2) is 44.4 Å². The van der Waals surface area contributed by atoms with Crippen LogP contribution >= 0.6 is 0 Å². The first-order valence-electron chi connectivity index (χ1n) is 8.47. The maximum Gasteiger partial charge on any atom is 0.223 e. The number of aromatic nitrogens is 3. The highest BCUT2D eigenvalue weighted by atomic mass is 16.2. The van der Waals surface area contributed by atoms with Crippen LogP contribution in [0, 0.1) is 0 Å². The summed E-state index contributed by atoms with van der Waals surface area (Å²) >= 11 is 0. The molecule has 0 aromatic carbocycles. The Morgan fingerprint density at radius 2 is 2.04 bits per heavy atom. The van der Waals surface area contributed by atoms with Gasteiger partial charge in [-0.05, 0) is 30.9 Å². The van der Waals surface area contributed by atoms with E-state index in [4.69, 9.17) is 0 Å². The Kier molecular flexibility index (Phi) is 3.88. The van der Waals surface area contributed by atoms with Crippen molar-refractivity contribution < 1.29 is 4.79 Å². The monoisotopic (exact) mass is 323 g/mol. The molecule has 1 atom stereocenters. The molecule has 1 amide bonds. The predicted octanol–water partition coefficient (Wildman–Crippen LogP) is 2.03. The van der Waals surface area contributed by atoms with Crippen LogP contribution in [0.4, 0.5) is 5.82 Å². The molecule has 4 heterocycles. The fourth-order valence-electron chi connectivity index (χ4n) is 3.99. The van der Waals surface area contributed by atoms with Crippen LogP contribution in [0.25, 0.3) is 0 Å². The van der Waals surface area contributed by atoms with Crippen molar-refractivity contribution in [3.05, 3.63) is 48.7 Å². The molecule has 2 aliphatic rings. The summed E-state index contributed by atoms with van der Waals surface area (Å²) in [6.45, 7) is 2.44. The van der Waals surface area contributed by atoms with Crippen molar-refractivity contribution >= 4 is 11.7 Å². The van der Waals surface area contributed by atoms with Gasteiger partial charge in [0.05, 0.1) is 11.7 Å². The summed E-state index contributed by atoms with van der Waals surface area (Å²) in [5.41, 5.74) is 0.992. The summed E-state index contributed by atoms with van der Waals surface area (Å²) in [5.74, 6) is 1.15. The quantitative estimate of drug-likeness (QED) is 0.865. The highest BCUT2D eigenvalue weighted by molar-refractivity contribution is 5.80. The van der Waals surface area contributed by atoms with E-state index in [0.717, 1.165) is 43.7 Å². The lowest BCUT2D eigenvalue weighted by atomic mass is 9.86. The molecule has 24 heavy (non-hydrogen) atoms. The molecule has 2 aromatic rings. The fourth-order valence-corrected chi connectivity index (χ4v) is 3.99. The van der Waals surface area contributed by atoms with Gasteiger partial charge in [-0.3, -0.25) is 14.8 Å². The number of carbonyl (C=O) groups excluding carboxylic acids is 1. The molecule has 1 unspecified atom stereocenters. The van der Waals surface area contributed by atoms with Gasteiger partial charge in [-0.25, -0.2) is 4.98 Å². The fraction of sp³-hybridized carbons (Fsp3) is 0.444. The lowest BCUT2D eigenvalue weighted by Gasteiger charge is -2.46. The van der Waals surface area contributed by atoms with E-state index in [-0.39, 0.29) is 11.4 Å². The van der Waals surface area contributed by atoms with E-state index in [2.05, 4.69) is 24.8 Å². The maximum atomic E-state index is 12.6. The Bertz CT molecular complexity index is 708. The van der Waals surface area contributed by atoms with E-state index in [9.17, 15) is 4.79 Å². The molecule has 0 saturated carbocycles. The van der Waals surface area contributed by atoms with Gasteiger partial charge in [-0.2, -0.15) is 0 Å². The average molecular weight is 323 g/mol. The second kappa shape index (κ2) is 6.19. The number of carbonyl (C=O) groups is 1. The smallest absolute Gasteiger partial charge is 0.223 e. The van der Waals surface area contributed by atoms with E-state index >= 15 is 0 Å². The van der Waals surface area contributed by atoms with Crippen molar-refractivity contribution in [2.24, 2.45) is 0 Å². The number of anilines is 1. The normalized spacial score (nSPS) is 23.9. The zero-order valence-electron chi connectivity index (χ0n) is 13.6. The molecule has 124 valence electrons. The molecule has 0 bridgehead atoms. The minimum Gasteiger partial charge on any atom is -0.353 e. The van der Waals surface area contributed by atoms with Crippen LogP contribution in [0.15, 0.2) is 43.1 Å². The van der Waals surface area contributed by atoms with Crippen molar-refractivity contribution in [1.29, 1.82) is 0 Å². The van der Waals surface area contributed by atoms with Crippen LogP contribution in [0.1, 0.15) is 31.2 Å². The number of pyridine rings is 1. The second-order valence-corrected chi connectivity index (χ2v) is 6.65. The number of amides is 1. The number of hydrogen-bond acceptors (Lipinski definition) is 5. The maximum absolute atomic E-state index is 12.6. The topological polar surface area (TPSA) is 62.2 Å². The van der Waals surface area contributed by atoms with Gasteiger partial charge >= 0.3 is 0 Å². The minimum atomic E-state index is -0.0945. The van der Waals surface area contributed by atoms with Crippen LogP contribution in [-0.2, 0) is 11.3 Å². The van der Waals surface area contributed by atoms with E-state index in [1.165, 1.54) is 0 Å². The summed E-state index contributed by atoms with van der Waals surface area (Å²) in [6.07, 6.45) is 12.5. The first kappa shape index (κ1) is 15.1. The number of likely N-dealkylation sites (tertiary alicyclic amines) is 1. The number of nitrogens with zero attached hydrogens (tertiary/aromatic N) is 5. The third-order valence-corrected chi connectivity index (χ3v) is 5.17. The molecule has 4 rings (SSSR count). The van der Waals surface area contributed by atoms with Gasteiger partial charge in [0.2, 0.25) is 5.91 Å². The zero-order valence-corrected chi connectivity index (χ0v) is 13.6. The molecular weight excluding hydrogens is 302 g/mol. The van der Waals surface area contributed by atoms with Crippen molar-refractivity contribution in [3.63, 3.8) is 0 Å². The van der Waals surface area contributed by atoms with Crippen LogP contribution in [0.3, 0.4) is 0 Å². The van der Waals surface area contributed by atoms with Gasteiger partial charge in [-0.15, -0.1) is 0 Å². The minimum absolute atomic E-state index is 0.0945. The van der Waals surface area contributed by atoms with E-state index in [1.54, 1.807) is 24.8 Å². The molecular formula is C18H21N5O. The molecule has 2 saturated heterocycles. The highest BCUT2D eigenvalue weighted by Gasteiger charge is 2.47. The third kappa shape index (κ3) is 2.72. The van der Waals surface area contributed by atoms with Crippen LogP contribution in [0.5, 0.6) is 0 Å². The van der Waals surface area contributed by atoms with Gasteiger partial charge in [0.1, 0.15) is 5.82 Å². The highest BCUT2D eigenvalue weighted by Crippen LogP contribution is 2.39. The van der Waals surface area contributed by atoms with Gasteiger partial charge in [0.15, 0.2) is 0 Å². The standard InChI is InChI=1S/C18H21N5O/c24-17-4-6-18(23(17)13-15-3-1-7-19-11-15)5-2-10-22(14-18)16-12-20-8-9-21-16/h1,3,7-9,11-12H,2,4-6,10,13-14H2. The van der Waals surface area contributed by atoms with E-state index in [0.29, 0.717) is 13.0 Å². The second-order valence-electron chi connectivity index (χ2n) is 6.65. The van der Waals surface area contributed by atoms with Crippen molar-refractivity contribution in [3.8, 4) is 0 Å². The zero-order chi connectivity index (χ0) is 16.4. The van der Waals surface area contributed by atoms with Crippen molar-refractivity contribution in [2.45, 2.75) is 37.8 Å². The molecule has 2 fully saturated rings. The molecule has 2 aliphatic heterocycles. The Balaban J connectivity index is 1.59. The lowest BCUT2D eigenvalue weighted by Crippen LogP contribution is -2.56. The lowest BCUT2D eigenvalue weighted by molar-refractivity contribution is -0.132. The van der Waals surface area contributed by atoms with Crippen molar-refractivity contribution in [2.75, 3.05) is 18.0 Å². The van der Waals surface area contributed by atoms with Crippen LogP contribution in [0.2, 0.25) is 0 Å². The van der Waals surface area contributed by atoms with E-state index < -0.39 is 0 Å². The van der Waals surface area contributed by atoms with Gasteiger partial charge in [0.25, 0.3) is 0 Å². The molecule has 6 heteroatoms.